The molecule has 1 fully saturated rings. The lowest BCUT2D eigenvalue weighted by molar-refractivity contribution is -0.126. The maximum absolute atomic E-state index is 13.6. The van der Waals surface area contributed by atoms with E-state index < -0.39 is 17.5 Å². The SMILES string of the molecule is CC#CC(=O)N1CCCC(NC(=O)c2ccc(F)cc2F)C1. The molecule has 0 bridgehead atoms. The van der Waals surface area contributed by atoms with Crippen LogP contribution >= 0.6 is 0 Å². The van der Waals surface area contributed by atoms with Gasteiger partial charge in [-0.3, -0.25) is 9.59 Å². The van der Waals surface area contributed by atoms with E-state index in [2.05, 4.69) is 17.2 Å². The van der Waals surface area contributed by atoms with Crippen LogP contribution < -0.4 is 5.32 Å². The lowest BCUT2D eigenvalue weighted by atomic mass is 10.0. The zero-order valence-electron chi connectivity index (χ0n) is 12.2. The van der Waals surface area contributed by atoms with Crippen LogP contribution in [-0.2, 0) is 4.79 Å². The molecule has 0 aromatic heterocycles. The summed E-state index contributed by atoms with van der Waals surface area (Å²) < 4.78 is 26.4. The molecule has 116 valence electrons. The van der Waals surface area contributed by atoms with E-state index in [0.717, 1.165) is 18.6 Å². The first kappa shape index (κ1) is 16.0. The van der Waals surface area contributed by atoms with Gasteiger partial charge in [-0.15, -0.1) is 0 Å². The lowest BCUT2D eigenvalue weighted by Gasteiger charge is -2.32. The van der Waals surface area contributed by atoms with Crippen LogP contribution in [0.5, 0.6) is 0 Å². The number of piperidine rings is 1. The molecule has 1 saturated heterocycles. The summed E-state index contributed by atoms with van der Waals surface area (Å²) in [7, 11) is 0. The van der Waals surface area contributed by atoms with Crippen LogP contribution in [0.4, 0.5) is 8.78 Å². The molecule has 2 rings (SSSR count). The van der Waals surface area contributed by atoms with Crippen LogP contribution in [0.2, 0.25) is 0 Å². The van der Waals surface area contributed by atoms with Gasteiger partial charge < -0.3 is 10.2 Å². The number of nitrogens with one attached hydrogen (secondary N) is 1. The van der Waals surface area contributed by atoms with Crippen LogP contribution in [0, 0.1) is 23.5 Å². The maximum atomic E-state index is 13.6. The number of rotatable bonds is 2. The predicted octanol–water partition coefficient (Wildman–Crippen LogP) is 1.71. The highest BCUT2D eigenvalue weighted by molar-refractivity contribution is 5.95. The van der Waals surface area contributed by atoms with Crippen LogP contribution in [0.1, 0.15) is 30.1 Å². The first-order chi connectivity index (χ1) is 10.5. The van der Waals surface area contributed by atoms with Crippen LogP contribution in [0.3, 0.4) is 0 Å². The fraction of sp³-hybridized carbons (Fsp3) is 0.375. The van der Waals surface area contributed by atoms with Crippen molar-refractivity contribution < 1.29 is 18.4 Å². The number of amides is 2. The molecular formula is C16H16F2N2O2. The Balaban J connectivity index is 2.01. The highest BCUT2D eigenvalue weighted by atomic mass is 19.1. The summed E-state index contributed by atoms with van der Waals surface area (Å²) in [4.78, 5) is 25.3. The van der Waals surface area contributed by atoms with E-state index in [1.54, 1.807) is 11.8 Å². The Hall–Kier alpha value is -2.42. The average Bonchev–Trinajstić information content (AvgIpc) is 2.47. The molecule has 0 saturated carbocycles. The first-order valence-corrected chi connectivity index (χ1v) is 6.99. The van der Waals surface area contributed by atoms with Crippen molar-refractivity contribution in [2.75, 3.05) is 13.1 Å². The molecule has 1 heterocycles. The zero-order chi connectivity index (χ0) is 16.1. The van der Waals surface area contributed by atoms with Gasteiger partial charge in [0.1, 0.15) is 11.6 Å². The van der Waals surface area contributed by atoms with Crippen molar-refractivity contribution in [3.8, 4) is 11.8 Å². The van der Waals surface area contributed by atoms with Gasteiger partial charge in [-0.1, -0.05) is 5.92 Å². The molecule has 1 aromatic carbocycles. The molecule has 0 radical (unpaired) electrons. The molecule has 1 N–H and O–H groups in total. The Bertz CT molecular complexity index is 649. The van der Waals surface area contributed by atoms with Gasteiger partial charge in [0.15, 0.2) is 0 Å². The minimum absolute atomic E-state index is 0.210. The van der Waals surface area contributed by atoms with Gasteiger partial charge in [0.2, 0.25) is 0 Å². The van der Waals surface area contributed by atoms with Gasteiger partial charge >= 0.3 is 0 Å². The van der Waals surface area contributed by atoms with Gasteiger partial charge in [0.05, 0.1) is 5.56 Å². The molecule has 22 heavy (non-hydrogen) atoms. The van der Waals surface area contributed by atoms with Gasteiger partial charge in [0.25, 0.3) is 11.8 Å². The second-order valence-electron chi connectivity index (χ2n) is 5.06. The zero-order valence-corrected chi connectivity index (χ0v) is 12.2. The van der Waals surface area contributed by atoms with Crippen molar-refractivity contribution in [3.63, 3.8) is 0 Å². The Kier molecular flexibility index (Phi) is 5.10. The quantitative estimate of drug-likeness (QED) is 0.846. The third kappa shape index (κ3) is 3.82. The smallest absolute Gasteiger partial charge is 0.298 e. The molecule has 4 nitrogen and oxygen atoms in total. The second-order valence-corrected chi connectivity index (χ2v) is 5.06. The van der Waals surface area contributed by atoms with Crippen LogP contribution in [0.15, 0.2) is 18.2 Å². The number of hydrogen-bond acceptors (Lipinski definition) is 2. The van der Waals surface area contributed by atoms with Gasteiger partial charge in [0, 0.05) is 25.2 Å². The Labute approximate surface area is 127 Å². The van der Waals surface area contributed by atoms with E-state index in [0.29, 0.717) is 25.6 Å². The topological polar surface area (TPSA) is 49.4 Å². The van der Waals surface area contributed by atoms with Gasteiger partial charge in [-0.2, -0.15) is 0 Å². The Morgan fingerprint density at radius 1 is 1.36 bits per heavy atom. The summed E-state index contributed by atoms with van der Waals surface area (Å²) >= 11 is 0. The number of nitrogens with zero attached hydrogens (tertiary/aromatic N) is 1. The third-order valence-electron chi connectivity index (χ3n) is 3.45. The van der Waals surface area contributed by atoms with E-state index in [-0.39, 0.29) is 17.5 Å². The Morgan fingerprint density at radius 2 is 2.14 bits per heavy atom. The number of likely N-dealkylation sites (tertiary alicyclic amines) is 1. The fourth-order valence-corrected chi connectivity index (χ4v) is 2.40. The van der Waals surface area contributed by atoms with Crippen molar-refractivity contribution in [3.05, 3.63) is 35.4 Å². The number of halogens is 2. The summed E-state index contributed by atoms with van der Waals surface area (Å²) in [5, 5.41) is 2.68. The van der Waals surface area contributed by atoms with Crippen molar-refractivity contribution in [1.82, 2.24) is 10.2 Å². The van der Waals surface area contributed by atoms with E-state index in [9.17, 15) is 18.4 Å². The highest BCUT2D eigenvalue weighted by Gasteiger charge is 2.25. The molecular weight excluding hydrogens is 290 g/mol. The van der Waals surface area contributed by atoms with Crippen molar-refractivity contribution in [2.45, 2.75) is 25.8 Å². The predicted molar refractivity (Wildman–Crippen MR) is 76.9 cm³/mol. The van der Waals surface area contributed by atoms with E-state index in [1.807, 2.05) is 0 Å². The Morgan fingerprint density at radius 3 is 2.82 bits per heavy atom. The largest absolute Gasteiger partial charge is 0.347 e. The van der Waals surface area contributed by atoms with Crippen LogP contribution in [-0.4, -0.2) is 35.8 Å². The highest BCUT2D eigenvalue weighted by Crippen LogP contribution is 2.13. The van der Waals surface area contributed by atoms with Gasteiger partial charge in [-0.05, 0) is 37.8 Å². The molecule has 1 aliphatic heterocycles. The first-order valence-electron chi connectivity index (χ1n) is 6.99. The summed E-state index contributed by atoms with van der Waals surface area (Å²) in [6.07, 6.45) is 1.42. The van der Waals surface area contributed by atoms with E-state index >= 15 is 0 Å². The number of hydrogen-bond donors (Lipinski definition) is 1. The van der Waals surface area contributed by atoms with Crippen molar-refractivity contribution in [1.29, 1.82) is 0 Å². The molecule has 2 amide bonds. The van der Waals surface area contributed by atoms with Crippen molar-refractivity contribution >= 4 is 11.8 Å². The normalized spacial score (nSPS) is 17.4. The van der Waals surface area contributed by atoms with E-state index in [1.165, 1.54) is 0 Å². The molecule has 0 aliphatic carbocycles. The number of benzene rings is 1. The molecule has 1 atom stereocenters. The summed E-state index contributed by atoms with van der Waals surface area (Å²) in [5.41, 5.74) is -0.210. The average molecular weight is 306 g/mol. The lowest BCUT2D eigenvalue weighted by Crippen LogP contribution is -2.49. The van der Waals surface area contributed by atoms with Crippen LogP contribution in [0.25, 0.3) is 0 Å². The molecule has 1 aliphatic rings. The number of carbonyl (C=O) groups is 2. The number of carbonyl (C=O) groups excluding carboxylic acids is 2. The van der Waals surface area contributed by atoms with E-state index in [4.69, 9.17) is 0 Å². The van der Waals surface area contributed by atoms with Crippen molar-refractivity contribution in [2.24, 2.45) is 0 Å². The second kappa shape index (κ2) is 7.03. The molecule has 6 heteroatoms. The molecule has 0 spiro atoms. The molecule has 1 aromatic rings. The monoisotopic (exact) mass is 306 g/mol. The van der Waals surface area contributed by atoms with Gasteiger partial charge in [-0.25, -0.2) is 8.78 Å². The summed E-state index contributed by atoms with van der Waals surface area (Å²) in [6.45, 7) is 2.51. The minimum Gasteiger partial charge on any atom is -0.347 e. The molecule has 1 unspecified atom stereocenters. The third-order valence-corrected chi connectivity index (χ3v) is 3.45. The summed E-state index contributed by atoms with van der Waals surface area (Å²) in [5.74, 6) is 2.47. The summed E-state index contributed by atoms with van der Waals surface area (Å²) in [6, 6.07) is 2.54. The standard InChI is InChI=1S/C16H16F2N2O2/c1-2-4-15(21)20-8-3-5-12(10-20)19-16(22)13-7-6-11(17)9-14(13)18/h6-7,9,12H,3,5,8,10H2,1H3,(H,19,22). The minimum atomic E-state index is -0.905. The fourth-order valence-electron chi connectivity index (χ4n) is 2.40. The maximum Gasteiger partial charge on any atom is 0.298 e.